The number of nitrogens with zero attached hydrogens (tertiary/aromatic N) is 1. The largest absolute Gasteiger partial charge is 0.349 e. The molecule has 1 aliphatic carbocycles. The van der Waals surface area contributed by atoms with Gasteiger partial charge in [-0.25, -0.2) is 13.2 Å². The maximum absolute atomic E-state index is 15.2. The van der Waals surface area contributed by atoms with Crippen LogP contribution < -0.4 is 10.6 Å². The zero-order chi connectivity index (χ0) is 27.9. The van der Waals surface area contributed by atoms with Crippen molar-refractivity contribution >= 4 is 17.7 Å². The molecule has 2 aromatic rings. The fourth-order valence-corrected chi connectivity index (χ4v) is 5.48. The van der Waals surface area contributed by atoms with Gasteiger partial charge in [0.05, 0.1) is 0 Å². The minimum atomic E-state index is -1.74. The van der Waals surface area contributed by atoms with Gasteiger partial charge in [-0.2, -0.15) is 0 Å². The van der Waals surface area contributed by atoms with E-state index in [9.17, 15) is 23.2 Å². The molecule has 0 saturated carbocycles. The Kier molecular flexibility index (Phi) is 7.59. The number of fused-ring (bicyclic) bond motifs is 1. The zero-order valence-electron chi connectivity index (χ0n) is 22.3. The minimum Gasteiger partial charge on any atom is -0.349 e. The fraction of sp³-hybridized carbons (Fsp3) is 0.483. The molecule has 2 aromatic carbocycles. The van der Waals surface area contributed by atoms with Crippen molar-refractivity contribution in [2.75, 3.05) is 0 Å². The van der Waals surface area contributed by atoms with Crippen LogP contribution in [0.3, 0.4) is 0 Å². The van der Waals surface area contributed by atoms with Gasteiger partial charge in [0.2, 0.25) is 17.7 Å². The lowest BCUT2D eigenvalue weighted by atomic mass is 9.87. The van der Waals surface area contributed by atoms with Crippen molar-refractivity contribution in [3.8, 4) is 0 Å². The monoisotopic (exact) mass is 529 g/mol. The molecule has 0 radical (unpaired) electrons. The highest BCUT2D eigenvalue weighted by molar-refractivity contribution is 6.00. The predicted molar refractivity (Wildman–Crippen MR) is 136 cm³/mol. The molecule has 0 bridgehead atoms. The second-order valence-corrected chi connectivity index (χ2v) is 11.7. The number of rotatable bonds is 6. The summed E-state index contributed by atoms with van der Waals surface area (Å²) in [4.78, 5) is 42.5. The van der Waals surface area contributed by atoms with Gasteiger partial charge < -0.3 is 15.5 Å². The van der Waals surface area contributed by atoms with Gasteiger partial charge in [-0.1, -0.05) is 44.2 Å². The van der Waals surface area contributed by atoms with Crippen LogP contribution in [0.15, 0.2) is 36.4 Å². The minimum absolute atomic E-state index is 0.0607. The smallest absolute Gasteiger partial charge is 0.247 e. The van der Waals surface area contributed by atoms with Crippen LogP contribution in [-0.4, -0.2) is 40.2 Å². The summed E-state index contributed by atoms with van der Waals surface area (Å²) in [6, 6.07) is 5.70. The first-order valence-corrected chi connectivity index (χ1v) is 12.9. The lowest BCUT2D eigenvalue weighted by Gasteiger charge is -2.45. The van der Waals surface area contributed by atoms with E-state index in [0.717, 1.165) is 28.2 Å². The van der Waals surface area contributed by atoms with Crippen molar-refractivity contribution in [3.05, 3.63) is 70.5 Å². The summed E-state index contributed by atoms with van der Waals surface area (Å²) in [5.41, 5.74) is 0.856. The zero-order valence-corrected chi connectivity index (χ0v) is 22.3. The molecule has 6 nitrogen and oxygen atoms in total. The summed E-state index contributed by atoms with van der Waals surface area (Å²) in [6.07, 6.45) is 1.29. The average Bonchev–Trinajstić information content (AvgIpc) is 3.25. The molecule has 9 heteroatoms. The first kappa shape index (κ1) is 27.7. The van der Waals surface area contributed by atoms with Gasteiger partial charge in [-0.3, -0.25) is 14.4 Å². The van der Waals surface area contributed by atoms with Crippen LogP contribution in [-0.2, 0) is 27.2 Å². The Hall–Kier alpha value is -3.36. The van der Waals surface area contributed by atoms with Gasteiger partial charge in [0.15, 0.2) is 17.5 Å². The predicted octanol–water partition coefficient (Wildman–Crippen LogP) is 4.22. The van der Waals surface area contributed by atoms with E-state index >= 15 is 4.39 Å². The molecule has 1 aliphatic heterocycles. The molecule has 4 rings (SSSR count). The molecular weight excluding hydrogens is 495 g/mol. The highest BCUT2D eigenvalue weighted by Gasteiger charge is 2.50. The summed E-state index contributed by atoms with van der Waals surface area (Å²) < 4.78 is 43.5. The summed E-state index contributed by atoms with van der Waals surface area (Å²) >= 11 is 0. The van der Waals surface area contributed by atoms with Crippen LogP contribution in [0, 0.1) is 29.3 Å². The number of halogens is 3. The van der Waals surface area contributed by atoms with E-state index in [-0.39, 0.29) is 18.3 Å². The van der Waals surface area contributed by atoms with Gasteiger partial charge in [-0.15, -0.1) is 0 Å². The van der Waals surface area contributed by atoms with Gasteiger partial charge in [0, 0.05) is 11.1 Å². The summed E-state index contributed by atoms with van der Waals surface area (Å²) in [5.74, 6) is -6.85. The molecule has 1 saturated heterocycles. The number of nitrogens with one attached hydrogen (secondary N) is 2. The standard InChI is InChI=1S/C29H34F3N3O3/c1-15(2)12-21-26(36)33-24(18-13-16-8-6-7-9-17(16)14-18)28(38)35(21)25(27(37)34-29(3,4)5)19-10-11-20(30)23(32)22(19)31/h6-11,15,18,21,24-25H,12-14H2,1-5H3,(H,33,36)(H,34,37)/t21-,24?,25-/m1/s1. The lowest BCUT2D eigenvalue weighted by Crippen LogP contribution is -2.67. The highest BCUT2D eigenvalue weighted by atomic mass is 19.2. The molecule has 1 heterocycles. The van der Waals surface area contributed by atoms with Crippen LogP contribution >= 0.6 is 0 Å². The van der Waals surface area contributed by atoms with E-state index in [4.69, 9.17) is 0 Å². The molecule has 2 aliphatic rings. The SMILES string of the molecule is CC(C)C[C@@H]1C(=O)NC(C2Cc3ccccc3C2)C(=O)N1[C@@H](C(=O)NC(C)(C)C)c1ccc(F)c(F)c1F. The van der Waals surface area contributed by atoms with Crippen LogP contribution in [0.2, 0.25) is 0 Å². The summed E-state index contributed by atoms with van der Waals surface area (Å²) in [7, 11) is 0. The summed E-state index contributed by atoms with van der Waals surface area (Å²) in [6.45, 7) is 8.84. The molecule has 2 N–H and O–H groups in total. The topological polar surface area (TPSA) is 78.5 Å². The van der Waals surface area contributed by atoms with E-state index in [1.807, 2.05) is 38.1 Å². The number of amides is 3. The number of carbonyl (C=O) groups excluding carboxylic acids is 3. The van der Waals surface area contributed by atoms with Crippen LogP contribution in [0.5, 0.6) is 0 Å². The summed E-state index contributed by atoms with van der Waals surface area (Å²) in [5, 5.41) is 5.60. The Morgan fingerprint density at radius 3 is 2.18 bits per heavy atom. The number of benzene rings is 2. The quantitative estimate of drug-likeness (QED) is 0.551. The molecule has 1 unspecified atom stereocenters. The molecule has 1 fully saturated rings. The molecule has 0 aromatic heterocycles. The average molecular weight is 530 g/mol. The molecule has 204 valence electrons. The van der Waals surface area contributed by atoms with E-state index in [0.29, 0.717) is 12.8 Å². The van der Waals surface area contributed by atoms with Gasteiger partial charge in [0.25, 0.3) is 0 Å². The first-order chi connectivity index (χ1) is 17.8. The second-order valence-electron chi connectivity index (χ2n) is 11.7. The third-order valence-corrected chi connectivity index (χ3v) is 7.09. The Morgan fingerprint density at radius 2 is 1.63 bits per heavy atom. The van der Waals surface area contributed by atoms with E-state index in [1.54, 1.807) is 20.8 Å². The Morgan fingerprint density at radius 1 is 1.03 bits per heavy atom. The van der Waals surface area contributed by atoms with Crippen LogP contribution in [0.4, 0.5) is 13.2 Å². The normalized spacial score (nSPS) is 20.9. The number of carbonyl (C=O) groups is 3. The van der Waals surface area contributed by atoms with E-state index in [2.05, 4.69) is 10.6 Å². The molecule has 3 atom stereocenters. The molecule has 0 spiro atoms. The van der Waals surface area contributed by atoms with Crippen molar-refractivity contribution in [2.24, 2.45) is 11.8 Å². The van der Waals surface area contributed by atoms with Gasteiger partial charge in [0.1, 0.15) is 18.1 Å². The van der Waals surface area contributed by atoms with Crippen molar-refractivity contribution in [2.45, 2.75) is 77.5 Å². The van der Waals surface area contributed by atoms with Crippen molar-refractivity contribution in [3.63, 3.8) is 0 Å². The molecule has 3 amide bonds. The van der Waals surface area contributed by atoms with E-state index < -0.39 is 64.4 Å². The first-order valence-electron chi connectivity index (χ1n) is 12.9. The van der Waals surface area contributed by atoms with Crippen molar-refractivity contribution < 1.29 is 27.6 Å². The fourth-order valence-electron chi connectivity index (χ4n) is 5.48. The third-order valence-electron chi connectivity index (χ3n) is 7.09. The van der Waals surface area contributed by atoms with Gasteiger partial charge >= 0.3 is 0 Å². The van der Waals surface area contributed by atoms with Crippen LogP contribution in [0.25, 0.3) is 0 Å². The maximum Gasteiger partial charge on any atom is 0.247 e. The molecular formula is C29H34F3N3O3. The van der Waals surface area contributed by atoms with Crippen molar-refractivity contribution in [1.29, 1.82) is 0 Å². The number of piperazine rings is 1. The Bertz CT molecular complexity index is 1230. The lowest BCUT2D eigenvalue weighted by molar-refractivity contribution is -0.158. The highest BCUT2D eigenvalue weighted by Crippen LogP contribution is 2.36. The Balaban J connectivity index is 1.82. The van der Waals surface area contributed by atoms with Crippen molar-refractivity contribution in [1.82, 2.24) is 15.5 Å². The number of hydrogen-bond donors (Lipinski definition) is 2. The maximum atomic E-state index is 15.2. The second kappa shape index (κ2) is 10.4. The van der Waals surface area contributed by atoms with Crippen LogP contribution in [0.1, 0.15) is 63.8 Å². The van der Waals surface area contributed by atoms with E-state index in [1.165, 1.54) is 0 Å². The Labute approximate surface area is 221 Å². The number of hydrogen-bond acceptors (Lipinski definition) is 3. The third kappa shape index (κ3) is 5.42. The van der Waals surface area contributed by atoms with Gasteiger partial charge in [-0.05, 0) is 69.1 Å². The molecule has 38 heavy (non-hydrogen) atoms.